The van der Waals surface area contributed by atoms with Crippen LogP contribution >= 0.6 is 0 Å². The van der Waals surface area contributed by atoms with E-state index in [1.54, 1.807) is 0 Å². The zero-order chi connectivity index (χ0) is 13.6. The van der Waals surface area contributed by atoms with Crippen molar-refractivity contribution >= 4 is 21.8 Å². The first-order valence-corrected chi connectivity index (χ1v) is 7.50. The highest BCUT2D eigenvalue weighted by Gasteiger charge is 2.22. The molecule has 1 aliphatic heterocycles. The van der Waals surface area contributed by atoms with Crippen LogP contribution in [0.2, 0.25) is 0 Å². The van der Waals surface area contributed by atoms with Gasteiger partial charge in [0.15, 0.2) is 0 Å². The van der Waals surface area contributed by atoms with Crippen molar-refractivity contribution in [1.82, 2.24) is 20.7 Å². The number of hydrogen-bond acceptors (Lipinski definition) is 5. The molecule has 1 saturated heterocycles. The van der Waals surface area contributed by atoms with Crippen LogP contribution in [0.5, 0.6) is 0 Å². The molecule has 0 aliphatic carbocycles. The van der Waals surface area contributed by atoms with Crippen molar-refractivity contribution in [1.29, 1.82) is 0 Å². The first kappa shape index (κ1) is 14.9. The molecule has 9 heteroatoms. The quantitative estimate of drug-likeness (QED) is 0.390. The van der Waals surface area contributed by atoms with Gasteiger partial charge in [0, 0.05) is 19.6 Å². The normalized spacial score (nSPS) is 20.3. The number of nitrogens with one attached hydrogen (secondary N) is 4. The molecule has 0 saturated carbocycles. The Bertz CT molecular complexity index is 399. The average molecular weight is 278 g/mol. The molecule has 1 atom stereocenters. The van der Waals surface area contributed by atoms with Gasteiger partial charge >= 0.3 is 0 Å². The molecule has 1 heterocycles. The van der Waals surface area contributed by atoms with Crippen molar-refractivity contribution in [2.75, 3.05) is 32.4 Å². The molecule has 2 amide bonds. The topological polar surface area (TPSA) is 116 Å². The summed E-state index contributed by atoms with van der Waals surface area (Å²) in [5.41, 5.74) is 0. The van der Waals surface area contributed by atoms with Crippen LogP contribution in [0.15, 0.2) is 0 Å². The number of hydrogen-bond donors (Lipinski definition) is 4. The largest absolute Gasteiger partial charge is 0.355 e. The van der Waals surface area contributed by atoms with Gasteiger partial charge in [0.1, 0.15) is 6.04 Å². The van der Waals surface area contributed by atoms with Crippen molar-refractivity contribution in [2.24, 2.45) is 0 Å². The number of rotatable bonds is 6. The second-order valence-electron chi connectivity index (χ2n) is 4.05. The fourth-order valence-electron chi connectivity index (χ4n) is 1.43. The molecule has 0 bridgehead atoms. The molecule has 0 aromatic carbocycles. The van der Waals surface area contributed by atoms with Crippen LogP contribution in [0.1, 0.15) is 6.42 Å². The Balaban J connectivity index is 2.12. The molecule has 8 nitrogen and oxygen atoms in total. The van der Waals surface area contributed by atoms with Crippen molar-refractivity contribution in [3.05, 3.63) is 0 Å². The van der Waals surface area contributed by atoms with Gasteiger partial charge in [-0.05, 0) is 6.42 Å². The monoisotopic (exact) mass is 278 g/mol. The highest BCUT2D eigenvalue weighted by atomic mass is 32.2. The summed E-state index contributed by atoms with van der Waals surface area (Å²) >= 11 is 0. The molecule has 0 aromatic rings. The zero-order valence-corrected chi connectivity index (χ0v) is 11.0. The molecular formula is C9H18N4O4S. The van der Waals surface area contributed by atoms with Crippen molar-refractivity contribution < 1.29 is 18.0 Å². The van der Waals surface area contributed by atoms with E-state index in [0.29, 0.717) is 13.0 Å². The molecule has 1 rings (SSSR count). The van der Waals surface area contributed by atoms with Gasteiger partial charge in [0.25, 0.3) is 0 Å². The Morgan fingerprint density at radius 1 is 1.44 bits per heavy atom. The highest BCUT2D eigenvalue weighted by Crippen LogP contribution is 1.88. The lowest BCUT2D eigenvalue weighted by molar-refractivity contribution is -0.126. The summed E-state index contributed by atoms with van der Waals surface area (Å²) in [5.74, 6) is -0.328. The van der Waals surface area contributed by atoms with Crippen LogP contribution in [0.4, 0.5) is 0 Å². The average Bonchev–Trinajstić information content (AvgIpc) is 2.27. The molecular weight excluding hydrogens is 260 g/mol. The minimum absolute atomic E-state index is 0.128. The van der Waals surface area contributed by atoms with E-state index < -0.39 is 16.1 Å². The second kappa shape index (κ2) is 6.66. The Labute approximate surface area is 106 Å². The van der Waals surface area contributed by atoms with E-state index in [9.17, 15) is 18.0 Å². The van der Waals surface area contributed by atoms with Crippen LogP contribution in [0.25, 0.3) is 0 Å². The maximum absolute atomic E-state index is 11.6. The summed E-state index contributed by atoms with van der Waals surface area (Å²) in [6, 6.07) is -0.425. The van der Waals surface area contributed by atoms with E-state index >= 15 is 0 Å². The van der Waals surface area contributed by atoms with Gasteiger partial charge in [0.05, 0.1) is 12.8 Å². The highest BCUT2D eigenvalue weighted by molar-refractivity contribution is 7.88. The molecule has 104 valence electrons. The third-order valence-corrected chi connectivity index (χ3v) is 3.07. The molecule has 1 unspecified atom stereocenters. The summed E-state index contributed by atoms with van der Waals surface area (Å²) in [4.78, 5) is 22.5. The lowest BCUT2D eigenvalue weighted by Crippen LogP contribution is -2.58. The predicted molar refractivity (Wildman–Crippen MR) is 65.3 cm³/mol. The number of piperazine rings is 1. The Kier molecular flexibility index (Phi) is 5.51. The minimum Gasteiger partial charge on any atom is -0.355 e. The van der Waals surface area contributed by atoms with Crippen LogP contribution in [-0.4, -0.2) is 58.7 Å². The molecule has 4 N–H and O–H groups in total. The van der Waals surface area contributed by atoms with Crippen molar-refractivity contribution in [2.45, 2.75) is 12.5 Å². The van der Waals surface area contributed by atoms with E-state index in [0.717, 1.165) is 6.26 Å². The predicted octanol–water partition coefficient (Wildman–Crippen LogP) is -2.87. The van der Waals surface area contributed by atoms with Crippen LogP contribution in [-0.2, 0) is 19.6 Å². The van der Waals surface area contributed by atoms with Gasteiger partial charge in [-0.15, -0.1) is 0 Å². The third-order valence-electron chi connectivity index (χ3n) is 2.35. The van der Waals surface area contributed by atoms with Crippen LogP contribution in [0.3, 0.4) is 0 Å². The first-order valence-electron chi connectivity index (χ1n) is 5.61. The van der Waals surface area contributed by atoms with Gasteiger partial charge < -0.3 is 10.6 Å². The third kappa shape index (κ3) is 5.94. The van der Waals surface area contributed by atoms with Crippen molar-refractivity contribution in [3.8, 4) is 0 Å². The lowest BCUT2D eigenvalue weighted by Gasteiger charge is -2.23. The fraction of sp³-hybridized carbons (Fsp3) is 0.778. The van der Waals surface area contributed by atoms with Gasteiger partial charge in [-0.3, -0.25) is 14.9 Å². The molecule has 0 aromatic heterocycles. The summed E-state index contributed by atoms with van der Waals surface area (Å²) in [7, 11) is -3.17. The molecule has 1 fully saturated rings. The maximum Gasteiger partial charge on any atom is 0.238 e. The van der Waals surface area contributed by atoms with Crippen LogP contribution < -0.4 is 20.7 Å². The standard InChI is InChI=1S/C9H18N4O4S/c1-18(16,17)13-4-2-3-10-9(15)7-5-12-8(14)6-11-7/h7,11,13H,2-6H2,1H3,(H,10,15)(H,12,14). The molecule has 0 radical (unpaired) electrons. The number of amides is 2. The molecule has 1 aliphatic rings. The fourth-order valence-corrected chi connectivity index (χ4v) is 1.95. The van der Waals surface area contributed by atoms with Gasteiger partial charge in [-0.1, -0.05) is 0 Å². The van der Waals surface area contributed by atoms with E-state index in [2.05, 4.69) is 20.7 Å². The maximum atomic E-state index is 11.6. The van der Waals surface area contributed by atoms with Gasteiger partial charge in [-0.25, -0.2) is 13.1 Å². The number of carbonyl (C=O) groups excluding carboxylic acids is 2. The summed E-state index contributed by atoms with van der Waals surface area (Å²) < 4.78 is 23.8. The van der Waals surface area contributed by atoms with Gasteiger partial charge in [0.2, 0.25) is 21.8 Å². The molecule has 18 heavy (non-hydrogen) atoms. The SMILES string of the molecule is CS(=O)(=O)NCCCNC(=O)C1CNC(=O)CN1. The first-order chi connectivity index (χ1) is 8.38. The van der Waals surface area contributed by atoms with E-state index in [4.69, 9.17) is 0 Å². The lowest BCUT2D eigenvalue weighted by atomic mass is 10.2. The van der Waals surface area contributed by atoms with E-state index in [-0.39, 0.29) is 31.4 Å². The Morgan fingerprint density at radius 3 is 2.72 bits per heavy atom. The second-order valence-corrected chi connectivity index (χ2v) is 5.88. The van der Waals surface area contributed by atoms with E-state index in [1.807, 2.05) is 0 Å². The smallest absolute Gasteiger partial charge is 0.238 e. The Hall–Kier alpha value is -1.19. The molecule has 0 spiro atoms. The zero-order valence-electron chi connectivity index (χ0n) is 10.2. The number of sulfonamides is 1. The van der Waals surface area contributed by atoms with Crippen molar-refractivity contribution in [3.63, 3.8) is 0 Å². The van der Waals surface area contributed by atoms with Gasteiger partial charge in [-0.2, -0.15) is 0 Å². The Morgan fingerprint density at radius 2 is 2.17 bits per heavy atom. The summed E-state index contributed by atoms with van der Waals surface area (Å²) in [6.45, 7) is 1.07. The summed E-state index contributed by atoms with van der Waals surface area (Å²) in [6.07, 6.45) is 1.60. The minimum atomic E-state index is -3.17. The van der Waals surface area contributed by atoms with Crippen LogP contribution in [0, 0.1) is 0 Å². The number of carbonyl (C=O) groups is 2. The summed E-state index contributed by atoms with van der Waals surface area (Å²) in [5, 5.41) is 8.04. The van der Waals surface area contributed by atoms with E-state index in [1.165, 1.54) is 0 Å².